The maximum absolute atomic E-state index is 11.6. The summed E-state index contributed by atoms with van der Waals surface area (Å²) in [5, 5.41) is 5.78. The van der Waals surface area contributed by atoms with Gasteiger partial charge in [0.25, 0.3) is 0 Å². The average Bonchev–Trinajstić information content (AvgIpc) is 3.40. The highest BCUT2D eigenvalue weighted by atomic mass is 32.2. The average molecular weight is 376 g/mol. The van der Waals surface area contributed by atoms with Gasteiger partial charge in [-0.25, -0.2) is 14.6 Å². The molecule has 2 aromatic rings. The molecule has 8 nitrogen and oxygen atoms in total. The van der Waals surface area contributed by atoms with E-state index in [-0.39, 0.29) is 12.5 Å². The maximum Gasteiger partial charge on any atom is 0.327 e. The fraction of sp³-hybridized carbons (Fsp3) is 0.647. The van der Waals surface area contributed by atoms with E-state index < -0.39 is 0 Å². The second kappa shape index (κ2) is 7.40. The summed E-state index contributed by atoms with van der Waals surface area (Å²) in [6.07, 6.45) is 8.11. The molecule has 4 rings (SSSR count). The molecule has 0 aromatic carbocycles. The zero-order valence-corrected chi connectivity index (χ0v) is 16.0. The second-order valence-electron chi connectivity index (χ2n) is 6.80. The van der Waals surface area contributed by atoms with Gasteiger partial charge in [0.2, 0.25) is 0 Å². The number of fused-ring (bicyclic) bond motifs is 1. The van der Waals surface area contributed by atoms with Crippen molar-refractivity contribution < 1.29 is 9.53 Å². The van der Waals surface area contributed by atoms with Crippen LogP contribution >= 0.6 is 11.8 Å². The molecule has 140 valence electrons. The van der Waals surface area contributed by atoms with Crippen LogP contribution in [0.1, 0.15) is 12.8 Å². The standard InChI is InChI=1S/C17H24N6O2S/c1-25-15(24)10-23-17-12(7-20-23)16(18-11-19-17)22-8-13(14(9-22)26-2)21-5-3-4-6-21/h7,11,13-14H,3-6,8-10H2,1-2H3. The molecule has 4 heterocycles. The molecule has 0 radical (unpaired) electrons. The largest absolute Gasteiger partial charge is 0.468 e. The quantitative estimate of drug-likeness (QED) is 0.716. The number of hydrogen-bond donors (Lipinski definition) is 0. The Balaban J connectivity index is 1.61. The Labute approximate surface area is 156 Å². The van der Waals surface area contributed by atoms with Gasteiger partial charge in [0, 0.05) is 24.4 Å². The predicted molar refractivity (Wildman–Crippen MR) is 101 cm³/mol. The van der Waals surface area contributed by atoms with Crippen LogP contribution in [0, 0.1) is 0 Å². The van der Waals surface area contributed by atoms with Crippen molar-refractivity contribution >= 4 is 34.6 Å². The monoisotopic (exact) mass is 376 g/mol. The molecule has 2 unspecified atom stereocenters. The van der Waals surface area contributed by atoms with Crippen molar-refractivity contribution in [3.8, 4) is 0 Å². The maximum atomic E-state index is 11.6. The number of nitrogens with zero attached hydrogens (tertiary/aromatic N) is 6. The number of carbonyl (C=O) groups excluding carboxylic acids is 1. The summed E-state index contributed by atoms with van der Waals surface area (Å²) in [6.45, 7) is 4.40. The number of anilines is 1. The minimum atomic E-state index is -0.340. The molecule has 0 amide bonds. The number of methoxy groups -OCH3 is 1. The highest BCUT2D eigenvalue weighted by Crippen LogP contribution is 2.32. The van der Waals surface area contributed by atoms with Gasteiger partial charge < -0.3 is 9.64 Å². The van der Waals surface area contributed by atoms with Crippen LogP contribution in [0.5, 0.6) is 0 Å². The smallest absolute Gasteiger partial charge is 0.327 e. The minimum absolute atomic E-state index is 0.0558. The minimum Gasteiger partial charge on any atom is -0.468 e. The molecule has 26 heavy (non-hydrogen) atoms. The number of esters is 1. The fourth-order valence-electron chi connectivity index (χ4n) is 4.02. The third-order valence-electron chi connectivity index (χ3n) is 5.37. The molecular weight excluding hydrogens is 352 g/mol. The van der Waals surface area contributed by atoms with E-state index in [1.54, 1.807) is 17.2 Å². The first kappa shape index (κ1) is 17.5. The molecule has 0 bridgehead atoms. The summed E-state index contributed by atoms with van der Waals surface area (Å²) >= 11 is 1.94. The Kier molecular flexibility index (Phi) is 4.99. The summed E-state index contributed by atoms with van der Waals surface area (Å²) in [6, 6.07) is 0.558. The molecule has 2 aliphatic rings. The number of hydrogen-bond acceptors (Lipinski definition) is 8. The number of rotatable bonds is 5. The number of carbonyl (C=O) groups is 1. The highest BCUT2D eigenvalue weighted by Gasteiger charge is 2.38. The normalized spacial score (nSPS) is 23.8. The van der Waals surface area contributed by atoms with Crippen molar-refractivity contribution in [1.29, 1.82) is 0 Å². The van der Waals surface area contributed by atoms with Gasteiger partial charge in [-0.05, 0) is 32.2 Å². The molecular formula is C17H24N6O2S. The predicted octanol–water partition coefficient (Wildman–Crippen LogP) is 1.02. The third-order valence-corrected chi connectivity index (χ3v) is 6.44. The lowest BCUT2D eigenvalue weighted by Crippen LogP contribution is -2.40. The van der Waals surface area contributed by atoms with Gasteiger partial charge in [0.15, 0.2) is 5.65 Å². The molecule has 0 saturated carbocycles. The van der Waals surface area contributed by atoms with Crippen LogP contribution in [-0.4, -0.2) is 81.5 Å². The van der Waals surface area contributed by atoms with Gasteiger partial charge in [-0.2, -0.15) is 16.9 Å². The molecule has 2 saturated heterocycles. The lowest BCUT2D eigenvalue weighted by molar-refractivity contribution is -0.141. The summed E-state index contributed by atoms with van der Waals surface area (Å²) in [5.41, 5.74) is 0.672. The molecule has 2 fully saturated rings. The van der Waals surface area contributed by atoms with Gasteiger partial charge in [-0.3, -0.25) is 9.69 Å². The SMILES string of the molecule is COC(=O)Cn1ncc2c(N3CC(SC)C(N4CCCC4)C3)ncnc21. The lowest BCUT2D eigenvalue weighted by Gasteiger charge is -2.27. The number of thioether (sulfide) groups is 1. The van der Waals surface area contributed by atoms with Gasteiger partial charge in [-0.15, -0.1) is 0 Å². The Morgan fingerprint density at radius 1 is 1.31 bits per heavy atom. The van der Waals surface area contributed by atoms with E-state index in [0.717, 1.165) is 24.3 Å². The van der Waals surface area contributed by atoms with E-state index in [1.807, 2.05) is 11.8 Å². The molecule has 0 N–H and O–H groups in total. The van der Waals surface area contributed by atoms with Gasteiger partial charge in [0.1, 0.15) is 18.7 Å². The zero-order valence-electron chi connectivity index (χ0n) is 15.2. The molecule has 2 aliphatic heterocycles. The first-order chi connectivity index (χ1) is 12.7. The van der Waals surface area contributed by atoms with Crippen LogP contribution < -0.4 is 4.90 Å². The summed E-state index contributed by atoms with van der Waals surface area (Å²) in [7, 11) is 1.37. The van der Waals surface area contributed by atoms with E-state index in [2.05, 4.69) is 31.1 Å². The van der Waals surface area contributed by atoms with Crippen LogP contribution in [0.4, 0.5) is 5.82 Å². The van der Waals surface area contributed by atoms with E-state index in [1.165, 1.54) is 33.0 Å². The first-order valence-corrected chi connectivity index (χ1v) is 10.2. The summed E-state index contributed by atoms with van der Waals surface area (Å²) in [4.78, 5) is 25.4. The van der Waals surface area contributed by atoms with E-state index in [4.69, 9.17) is 4.74 Å². The molecule has 2 aromatic heterocycles. The number of ether oxygens (including phenoxy) is 1. The van der Waals surface area contributed by atoms with E-state index >= 15 is 0 Å². The number of aromatic nitrogens is 4. The first-order valence-electron chi connectivity index (χ1n) is 8.96. The zero-order chi connectivity index (χ0) is 18.1. The van der Waals surface area contributed by atoms with E-state index in [9.17, 15) is 4.79 Å². The molecule has 0 aliphatic carbocycles. The van der Waals surface area contributed by atoms with E-state index in [0.29, 0.717) is 16.9 Å². The lowest BCUT2D eigenvalue weighted by atomic mass is 10.2. The van der Waals surface area contributed by atoms with Crippen LogP contribution in [0.2, 0.25) is 0 Å². The Hall–Kier alpha value is -1.87. The fourth-order valence-corrected chi connectivity index (χ4v) is 4.92. The summed E-state index contributed by atoms with van der Waals surface area (Å²) < 4.78 is 6.32. The van der Waals surface area contributed by atoms with Gasteiger partial charge in [-0.1, -0.05) is 0 Å². The third kappa shape index (κ3) is 3.14. The van der Waals surface area contributed by atoms with Crippen molar-refractivity contribution in [2.24, 2.45) is 0 Å². The van der Waals surface area contributed by atoms with Crippen LogP contribution in [-0.2, 0) is 16.1 Å². The second-order valence-corrected chi connectivity index (χ2v) is 7.88. The van der Waals surface area contributed by atoms with Crippen LogP contribution in [0.3, 0.4) is 0 Å². The molecule has 2 atom stereocenters. The highest BCUT2D eigenvalue weighted by molar-refractivity contribution is 7.99. The van der Waals surface area contributed by atoms with Crippen LogP contribution in [0.25, 0.3) is 11.0 Å². The van der Waals surface area contributed by atoms with Crippen molar-refractivity contribution in [3.05, 3.63) is 12.5 Å². The van der Waals surface area contributed by atoms with Gasteiger partial charge in [0.05, 0.1) is 18.7 Å². The Morgan fingerprint density at radius 3 is 2.85 bits per heavy atom. The Morgan fingerprint density at radius 2 is 2.12 bits per heavy atom. The van der Waals surface area contributed by atoms with Crippen molar-refractivity contribution in [2.75, 3.05) is 44.4 Å². The Bertz CT molecular complexity index is 791. The summed E-state index contributed by atoms with van der Waals surface area (Å²) in [5.74, 6) is 0.569. The van der Waals surface area contributed by atoms with Crippen molar-refractivity contribution in [3.63, 3.8) is 0 Å². The van der Waals surface area contributed by atoms with Crippen molar-refractivity contribution in [1.82, 2.24) is 24.6 Å². The molecule has 0 spiro atoms. The number of likely N-dealkylation sites (tertiary alicyclic amines) is 1. The van der Waals surface area contributed by atoms with Crippen LogP contribution in [0.15, 0.2) is 12.5 Å². The molecule has 9 heteroatoms. The topological polar surface area (TPSA) is 76.4 Å². The van der Waals surface area contributed by atoms with Gasteiger partial charge >= 0.3 is 5.97 Å². The van der Waals surface area contributed by atoms with Crippen molar-refractivity contribution in [2.45, 2.75) is 30.7 Å².